The van der Waals surface area contributed by atoms with Crippen molar-refractivity contribution in [3.8, 4) is 0 Å². The van der Waals surface area contributed by atoms with Gasteiger partial charge in [0, 0.05) is 23.5 Å². The maximum atomic E-state index is 13.1. The molecule has 0 fully saturated rings. The summed E-state index contributed by atoms with van der Waals surface area (Å²) in [5.74, 6) is 0.243. The summed E-state index contributed by atoms with van der Waals surface area (Å²) in [5, 5.41) is 14.3. The van der Waals surface area contributed by atoms with E-state index in [1.807, 2.05) is 19.1 Å². The molecule has 4 aromatic rings. The van der Waals surface area contributed by atoms with E-state index in [-0.39, 0.29) is 5.82 Å². The molecule has 124 valence electrons. The first-order chi connectivity index (χ1) is 12.1. The number of hydrogen-bond acceptors (Lipinski definition) is 5. The number of H-pyrrole nitrogens is 1. The van der Waals surface area contributed by atoms with Crippen molar-refractivity contribution in [1.29, 1.82) is 0 Å². The number of nitrogens with one attached hydrogen (secondary N) is 2. The maximum absolute atomic E-state index is 13.1. The molecule has 4 rings (SSSR count). The van der Waals surface area contributed by atoms with Crippen molar-refractivity contribution in [2.75, 3.05) is 5.32 Å². The summed E-state index contributed by atoms with van der Waals surface area (Å²) in [6, 6.07) is 10.7. The van der Waals surface area contributed by atoms with E-state index in [1.165, 1.54) is 24.3 Å². The van der Waals surface area contributed by atoms with Gasteiger partial charge in [0.2, 0.25) is 11.6 Å². The van der Waals surface area contributed by atoms with Gasteiger partial charge in [0.25, 0.3) is 0 Å². The predicted molar refractivity (Wildman–Crippen MR) is 89.4 cm³/mol. The first-order valence-corrected chi connectivity index (χ1v) is 7.55. The zero-order valence-corrected chi connectivity index (χ0v) is 13.2. The van der Waals surface area contributed by atoms with E-state index < -0.39 is 11.6 Å². The van der Waals surface area contributed by atoms with Crippen LogP contribution in [0.5, 0.6) is 0 Å². The number of carbonyl (C=O) groups excluding carboxylic acids is 1. The molecular weight excluding hydrogens is 323 g/mol. The topological polar surface area (TPSA) is 88.0 Å². The summed E-state index contributed by atoms with van der Waals surface area (Å²) >= 11 is 0. The molecule has 8 heteroatoms. The SMILES string of the molecule is Cc1cc(Nc2nc(C(=O)c3ccc(F)cc3)nn3cccc23)n[nH]1. The number of halogens is 1. The smallest absolute Gasteiger partial charge is 0.232 e. The summed E-state index contributed by atoms with van der Waals surface area (Å²) < 4.78 is 14.6. The summed E-state index contributed by atoms with van der Waals surface area (Å²) in [7, 11) is 0. The second-order valence-corrected chi connectivity index (χ2v) is 5.52. The number of rotatable bonds is 4. The Bertz CT molecular complexity index is 1070. The van der Waals surface area contributed by atoms with Gasteiger partial charge in [0.15, 0.2) is 11.6 Å². The Morgan fingerprint density at radius 1 is 1.24 bits per heavy atom. The number of ketones is 1. The molecule has 0 aliphatic rings. The molecule has 0 aliphatic heterocycles. The van der Waals surface area contributed by atoms with Crippen LogP contribution in [0.2, 0.25) is 0 Å². The standard InChI is InChI=1S/C17H13FN6O/c1-10-9-14(22-21-10)19-16-13-3-2-8-24(13)23-17(20-16)15(25)11-4-6-12(18)7-5-11/h2-9H,1H3,(H2,19,20,21,22,23). The lowest BCUT2D eigenvalue weighted by atomic mass is 10.1. The molecular formula is C17H13FN6O. The van der Waals surface area contributed by atoms with Crippen LogP contribution < -0.4 is 5.32 Å². The highest BCUT2D eigenvalue weighted by molar-refractivity contribution is 6.06. The Morgan fingerprint density at radius 3 is 2.76 bits per heavy atom. The number of benzene rings is 1. The van der Waals surface area contributed by atoms with Crippen LogP contribution in [0.1, 0.15) is 21.9 Å². The molecule has 0 atom stereocenters. The van der Waals surface area contributed by atoms with E-state index in [9.17, 15) is 9.18 Å². The van der Waals surface area contributed by atoms with Gasteiger partial charge in [-0.25, -0.2) is 13.9 Å². The van der Waals surface area contributed by atoms with Crippen LogP contribution in [0.3, 0.4) is 0 Å². The number of aryl methyl sites for hydroxylation is 1. The van der Waals surface area contributed by atoms with Gasteiger partial charge in [-0.3, -0.25) is 9.89 Å². The Kier molecular flexibility index (Phi) is 3.50. The average Bonchev–Trinajstić information content (AvgIpc) is 3.23. The summed E-state index contributed by atoms with van der Waals surface area (Å²) in [6.07, 6.45) is 1.72. The summed E-state index contributed by atoms with van der Waals surface area (Å²) in [6.45, 7) is 1.88. The molecule has 0 radical (unpaired) electrons. The largest absolute Gasteiger partial charge is 0.322 e. The lowest BCUT2D eigenvalue weighted by Crippen LogP contribution is -2.12. The quantitative estimate of drug-likeness (QED) is 0.560. The second-order valence-electron chi connectivity index (χ2n) is 5.52. The average molecular weight is 336 g/mol. The molecule has 3 aromatic heterocycles. The van der Waals surface area contributed by atoms with E-state index in [2.05, 4.69) is 25.6 Å². The molecule has 7 nitrogen and oxygen atoms in total. The van der Waals surface area contributed by atoms with E-state index in [0.29, 0.717) is 22.7 Å². The fourth-order valence-electron chi connectivity index (χ4n) is 2.46. The lowest BCUT2D eigenvalue weighted by molar-refractivity contribution is 0.102. The highest BCUT2D eigenvalue weighted by Gasteiger charge is 2.17. The van der Waals surface area contributed by atoms with Crippen LogP contribution >= 0.6 is 0 Å². The lowest BCUT2D eigenvalue weighted by Gasteiger charge is -2.07. The van der Waals surface area contributed by atoms with Gasteiger partial charge in [-0.15, -0.1) is 5.10 Å². The summed E-state index contributed by atoms with van der Waals surface area (Å²) in [5.41, 5.74) is 1.91. The number of nitrogens with zero attached hydrogens (tertiary/aromatic N) is 4. The van der Waals surface area contributed by atoms with E-state index in [4.69, 9.17) is 0 Å². The van der Waals surface area contributed by atoms with Crippen molar-refractivity contribution >= 4 is 22.9 Å². The zero-order valence-electron chi connectivity index (χ0n) is 13.2. The van der Waals surface area contributed by atoms with Crippen LogP contribution in [0.15, 0.2) is 48.7 Å². The van der Waals surface area contributed by atoms with Gasteiger partial charge in [-0.05, 0) is 43.3 Å². The molecule has 0 bridgehead atoms. The highest BCUT2D eigenvalue weighted by atomic mass is 19.1. The fraction of sp³-hybridized carbons (Fsp3) is 0.0588. The van der Waals surface area contributed by atoms with Crippen LogP contribution in [-0.4, -0.2) is 30.6 Å². The molecule has 0 spiro atoms. The molecule has 0 unspecified atom stereocenters. The molecule has 0 aliphatic carbocycles. The zero-order chi connectivity index (χ0) is 17.4. The molecule has 1 aromatic carbocycles. The van der Waals surface area contributed by atoms with Gasteiger partial charge in [0.05, 0.1) is 0 Å². The molecule has 3 heterocycles. The third-order valence-electron chi connectivity index (χ3n) is 3.65. The molecule has 25 heavy (non-hydrogen) atoms. The Labute approximate surface area is 141 Å². The Balaban J connectivity index is 1.77. The minimum atomic E-state index is -0.408. The third kappa shape index (κ3) is 2.85. The highest BCUT2D eigenvalue weighted by Crippen LogP contribution is 2.20. The number of carbonyl (C=O) groups is 1. The van der Waals surface area contributed by atoms with Gasteiger partial charge in [-0.2, -0.15) is 5.10 Å². The van der Waals surface area contributed by atoms with Gasteiger partial charge >= 0.3 is 0 Å². The van der Waals surface area contributed by atoms with Crippen LogP contribution in [0.25, 0.3) is 5.52 Å². The van der Waals surface area contributed by atoms with E-state index in [0.717, 1.165) is 5.69 Å². The van der Waals surface area contributed by atoms with Crippen LogP contribution in [0.4, 0.5) is 16.0 Å². The molecule has 2 N–H and O–H groups in total. The third-order valence-corrected chi connectivity index (χ3v) is 3.65. The minimum Gasteiger partial charge on any atom is -0.322 e. The number of anilines is 2. The number of hydrogen-bond donors (Lipinski definition) is 2. The van der Waals surface area contributed by atoms with Crippen molar-refractivity contribution in [2.45, 2.75) is 6.92 Å². The van der Waals surface area contributed by atoms with E-state index in [1.54, 1.807) is 16.8 Å². The first-order valence-electron chi connectivity index (χ1n) is 7.55. The van der Waals surface area contributed by atoms with Gasteiger partial charge in [0.1, 0.15) is 11.3 Å². The number of aromatic amines is 1. The molecule has 0 saturated carbocycles. The number of fused-ring (bicyclic) bond motifs is 1. The number of aromatic nitrogens is 5. The van der Waals surface area contributed by atoms with Crippen LogP contribution in [-0.2, 0) is 0 Å². The van der Waals surface area contributed by atoms with Gasteiger partial charge < -0.3 is 5.32 Å². The molecule has 0 saturated heterocycles. The van der Waals surface area contributed by atoms with Crippen molar-refractivity contribution < 1.29 is 9.18 Å². The molecule has 0 amide bonds. The minimum absolute atomic E-state index is 0.00469. The van der Waals surface area contributed by atoms with Crippen LogP contribution in [0, 0.1) is 12.7 Å². The van der Waals surface area contributed by atoms with Crippen molar-refractivity contribution in [2.24, 2.45) is 0 Å². The monoisotopic (exact) mass is 336 g/mol. The fourth-order valence-corrected chi connectivity index (χ4v) is 2.46. The van der Waals surface area contributed by atoms with Gasteiger partial charge in [-0.1, -0.05) is 0 Å². The first kappa shape index (κ1) is 15.0. The predicted octanol–water partition coefficient (Wildman–Crippen LogP) is 2.87. The second kappa shape index (κ2) is 5.82. The van der Waals surface area contributed by atoms with Crippen molar-refractivity contribution in [3.05, 3.63) is 71.6 Å². The normalized spacial score (nSPS) is 11.0. The Morgan fingerprint density at radius 2 is 2.04 bits per heavy atom. The Hall–Kier alpha value is -3.55. The maximum Gasteiger partial charge on any atom is 0.232 e. The van der Waals surface area contributed by atoms with Crippen molar-refractivity contribution in [1.82, 2.24) is 24.8 Å². The van der Waals surface area contributed by atoms with Crippen molar-refractivity contribution in [3.63, 3.8) is 0 Å². The van der Waals surface area contributed by atoms with E-state index >= 15 is 0 Å². The summed E-state index contributed by atoms with van der Waals surface area (Å²) in [4.78, 5) is 17.0.